The SMILES string of the molecule is CCC(c1cc(OC)c(OC)c(OC)c1)S(=O)(=O)c1ccc(OC)c(N)c1. The van der Waals surface area contributed by atoms with Gasteiger partial charge in [-0.15, -0.1) is 0 Å². The third-order valence-electron chi connectivity index (χ3n) is 4.33. The number of hydrogen-bond donors (Lipinski definition) is 1. The summed E-state index contributed by atoms with van der Waals surface area (Å²) < 4.78 is 47.6. The molecule has 1 atom stereocenters. The predicted molar refractivity (Wildman–Crippen MR) is 104 cm³/mol. The van der Waals surface area contributed by atoms with Gasteiger partial charge in [0.2, 0.25) is 5.75 Å². The monoisotopic (exact) mass is 395 g/mol. The number of sulfone groups is 1. The summed E-state index contributed by atoms with van der Waals surface area (Å²) in [4.78, 5) is 0.126. The highest BCUT2D eigenvalue weighted by Gasteiger charge is 2.30. The second-order valence-electron chi connectivity index (χ2n) is 5.80. The van der Waals surface area contributed by atoms with E-state index < -0.39 is 15.1 Å². The van der Waals surface area contributed by atoms with Crippen molar-refractivity contribution >= 4 is 15.5 Å². The first-order chi connectivity index (χ1) is 12.8. The summed E-state index contributed by atoms with van der Waals surface area (Å²) >= 11 is 0. The normalized spacial score (nSPS) is 12.3. The van der Waals surface area contributed by atoms with Crippen molar-refractivity contribution in [2.45, 2.75) is 23.5 Å². The number of nitrogen functional groups attached to an aromatic ring is 1. The Morgan fingerprint density at radius 1 is 0.889 bits per heavy atom. The van der Waals surface area contributed by atoms with E-state index in [1.165, 1.54) is 40.6 Å². The lowest BCUT2D eigenvalue weighted by molar-refractivity contribution is 0.323. The van der Waals surface area contributed by atoms with Gasteiger partial charge < -0.3 is 24.7 Å². The summed E-state index contributed by atoms with van der Waals surface area (Å²) in [5.41, 5.74) is 6.70. The van der Waals surface area contributed by atoms with Gasteiger partial charge in [-0.1, -0.05) is 6.92 Å². The molecule has 0 aliphatic heterocycles. The molecule has 0 aromatic heterocycles. The van der Waals surface area contributed by atoms with Gasteiger partial charge in [0.1, 0.15) is 5.75 Å². The van der Waals surface area contributed by atoms with Gasteiger partial charge >= 0.3 is 0 Å². The zero-order valence-corrected chi connectivity index (χ0v) is 16.9. The van der Waals surface area contributed by atoms with Crippen LogP contribution >= 0.6 is 0 Å². The molecule has 8 heteroatoms. The predicted octanol–water partition coefficient (Wildman–Crippen LogP) is 3.23. The molecule has 0 radical (unpaired) electrons. The maximum Gasteiger partial charge on any atom is 0.203 e. The Hall–Kier alpha value is -2.61. The molecular weight excluding hydrogens is 370 g/mol. The van der Waals surface area contributed by atoms with E-state index in [2.05, 4.69) is 0 Å². The van der Waals surface area contributed by atoms with Crippen molar-refractivity contribution in [2.75, 3.05) is 34.2 Å². The molecule has 1 unspecified atom stereocenters. The molecule has 2 rings (SSSR count). The van der Waals surface area contributed by atoms with Crippen molar-refractivity contribution in [3.63, 3.8) is 0 Å². The lowest BCUT2D eigenvalue weighted by atomic mass is 10.1. The lowest BCUT2D eigenvalue weighted by Crippen LogP contribution is -2.14. The average molecular weight is 395 g/mol. The Labute approximate surface area is 159 Å². The highest BCUT2D eigenvalue weighted by molar-refractivity contribution is 7.91. The molecule has 0 heterocycles. The lowest BCUT2D eigenvalue weighted by Gasteiger charge is -2.20. The Morgan fingerprint density at radius 2 is 1.44 bits per heavy atom. The maximum atomic E-state index is 13.3. The molecule has 2 N–H and O–H groups in total. The Bertz CT molecular complexity index is 885. The molecule has 2 aromatic rings. The van der Waals surface area contributed by atoms with Gasteiger partial charge in [-0.05, 0) is 42.3 Å². The van der Waals surface area contributed by atoms with Crippen LogP contribution in [0, 0.1) is 0 Å². The van der Waals surface area contributed by atoms with Crippen LogP contribution in [0.1, 0.15) is 24.2 Å². The van der Waals surface area contributed by atoms with E-state index in [0.29, 0.717) is 35.0 Å². The minimum atomic E-state index is -3.71. The first-order valence-corrected chi connectivity index (χ1v) is 9.85. The minimum absolute atomic E-state index is 0.126. The van der Waals surface area contributed by atoms with Gasteiger partial charge in [0.25, 0.3) is 0 Å². The molecule has 0 spiro atoms. The Kier molecular flexibility index (Phi) is 6.43. The number of methoxy groups -OCH3 is 4. The number of hydrogen-bond acceptors (Lipinski definition) is 7. The second-order valence-corrected chi connectivity index (χ2v) is 7.93. The highest BCUT2D eigenvalue weighted by atomic mass is 32.2. The van der Waals surface area contributed by atoms with Crippen LogP contribution in [0.3, 0.4) is 0 Å². The summed E-state index contributed by atoms with van der Waals surface area (Å²) in [5, 5.41) is -0.806. The largest absolute Gasteiger partial charge is 0.495 e. The molecule has 0 aliphatic carbocycles. The van der Waals surface area contributed by atoms with Crippen LogP contribution in [0.2, 0.25) is 0 Å². The van der Waals surface area contributed by atoms with Crippen molar-refractivity contribution in [2.24, 2.45) is 0 Å². The number of ether oxygens (including phenoxy) is 4. The van der Waals surface area contributed by atoms with E-state index in [1.807, 2.05) is 0 Å². The topological polar surface area (TPSA) is 97.1 Å². The van der Waals surface area contributed by atoms with Crippen molar-refractivity contribution < 1.29 is 27.4 Å². The van der Waals surface area contributed by atoms with Crippen LogP contribution in [0.15, 0.2) is 35.2 Å². The minimum Gasteiger partial charge on any atom is -0.495 e. The van der Waals surface area contributed by atoms with Crippen LogP contribution < -0.4 is 24.7 Å². The van der Waals surface area contributed by atoms with Crippen LogP contribution in [-0.4, -0.2) is 36.9 Å². The van der Waals surface area contributed by atoms with Gasteiger partial charge in [0.05, 0.1) is 44.3 Å². The fourth-order valence-corrected chi connectivity index (χ4v) is 4.79. The summed E-state index contributed by atoms with van der Waals surface area (Å²) in [6.07, 6.45) is 0.354. The first kappa shape index (κ1) is 20.7. The van der Waals surface area contributed by atoms with Gasteiger partial charge in [0, 0.05) is 0 Å². The van der Waals surface area contributed by atoms with E-state index in [1.54, 1.807) is 25.1 Å². The summed E-state index contributed by atoms with van der Waals surface area (Å²) in [6.45, 7) is 1.80. The third kappa shape index (κ3) is 3.90. The number of benzene rings is 2. The van der Waals surface area contributed by atoms with Crippen LogP contribution in [0.25, 0.3) is 0 Å². The van der Waals surface area contributed by atoms with Crippen molar-refractivity contribution in [1.29, 1.82) is 0 Å². The molecular formula is C19H25NO6S. The summed E-state index contributed by atoms with van der Waals surface area (Å²) in [5.74, 6) is 1.63. The molecule has 0 amide bonds. The molecule has 0 saturated carbocycles. The molecule has 0 aliphatic rings. The summed E-state index contributed by atoms with van der Waals surface area (Å²) in [6, 6.07) is 7.75. The molecule has 0 bridgehead atoms. The fourth-order valence-electron chi connectivity index (χ4n) is 2.98. The highest BCUT2D eigenvalue weighted by Crippen LogP contribution is 2.43. The van der Waals surface area contributed by atoms with Gasteiger partial charge in [-0.25, -0.2) is 8.42 Å². The van der Waals surface area contributed by atoms with Crippen LogP contribution in [0.4, 0.5) is 5.69 Å². The van der Waals surface area contributed by atoms with Crippen molar-refractivity contribution in [3.05, 3.63) is 35.9 Å². The van der Waals surface area contributed by atoms with Gasteiger partial charge in [-0.2, -0.15) is 0 Å². The molecule has 0 fully saturated rings. The summed E-state index contributed by atoms with van der Waals surface area (Å²) in [7, 11) is 2.24. The average Bonchev–Trinajstić information content (AvgIpc) is 2.67. The number of anilines is 1. The number of rotatable bonds is 8. The standard InChI is InChI=1S/C19H25NO6S/c1-6-18(12-9-16(24-3)19(26-5)17(10-12)25-4)27(21,22)13-7-8-15(23-2)14(20)11-13/h7-11,18H,6,20H2,1-5H3. The van der Waals surface area contributed by atoms with E-state index in [9.17, 15) is 8.42 Å². The van der Waals surface area contributed by atoms with Crippen LogP contribution in [-0.2, 0) is 9.84 Å². The smallest absolute Gasteiger partial charge is 0.203 e. The van der Waals surface area contributed by atoms with Gasteiger partial charge in [-0.3, -0.25) is 0 Å². The van der Waals surface area contributed by atoms with E-state index >= 15 is 0 Å². The quantitative estimate of drug-likeness (QED) is 0.685. The van der Waals surface area contributed by atoms with E-state index in [-0.39, 0.29) is 10.6 Å². The van der Waals surface area contributed by atoms with E-state index in [0.717, 1.165) is 0 Å². The second kappa shape index (κ2) is 8.39. The maximum absolute atomic E-state index is 13.3. The third-order valence-corrected chi connectivity index (χ3v) is 6.60. The molecule has 7 nitrogen and oxygen atoms in total. The van der Waals surface area contributed by atoms with Gasteiger partial charge in [0.15, 0.2) is 21.3 Å². The molecule has 148 valence electrons. The molecule has 27 heavy (non-hydrogen) atoms. The van der Waals surface area contributed by atoms with E-state index in [4.69, 9.17) is 24.7 Å². The van der Waals surface area contributed by atoms with Crippen LogP contribution in [0.5, 0.6) is 23.0 Å². The Morgan fingerprint density at radius 3 is 1.85 bits per heavy atom. The Balaban J connectivity index is 2.60. The zero-order chi connectivity index (χ0) is 20.2. The zero-order valence-electron chi connectivity index (χ0n) is 16.1. The number of nitrogens with two attached hydrogens (primary N) is 1. The van der Waals surface area contributed by atoms with Crippen molar-refractivity contribution in [3.8, 4) is 23.0 Å². The molecule has 0 saturated heterocycles. The fraction of sp³-hybridized carbons (Fsp3) is 0.368. The van der Waals surface area contributed by atoms with Crippen molar-refractivity contribution in [1.82, 2.24) is 0 Å². The first-order valence-electron chi connectivity index (χ1n) is 8.31. The molecule has 2 aromatic carbocycles.